The zero-order chi connectivity index (χ0) is 34.9. The van der Waals surface area contributed by atoms with Crippen molar-refractivity contribution in [2.24, 2.45) is 5.92 Å². The van der Waals surface area contributed by atoms with Crippen molar-refractivity contribution in [3.63, 3.8) is 0 Å². The summed E-state index contributed by atoms with van der Waals surface area (Å²) < 4.78 is 6.75. The third-order valence-corrected chi connectivity index (χ3v) is 11.0. The van der Waals surface area contributed by atoms with E-state index >= 15 is 0 Å². The summed E-state index contributed by atoms with van der Waals surface area (Å²) in [6, 6.07) is -2.84. The Morgan fingerprint density at radius 3 is 2.35 bits per heavy atom. The highest BCUT2D eigenvalue weighted by molar-refractivity contribution is 7.14. The molecule has 1 saturated carbocycles. The van der Waals surface area contributed by atoms with E-state index in [1.54, 1.807) is 50.1 Å². The van der Waals surface area contributed by atoms with Crippen molar-refractivity contribution in [3.8, 4) is 21.1 Å². The second kappa shape index (κ2) is 14.0. The number of carbonyl (C=O) groups is 4. The first-order chi connectivity index (χ1) is 23.4. The third kappa shape index (κ3) is 7.39. The molecule has 1 unspecified atom stereocenters. The Balaban J connectivity index is 1.37. The molecule has 49 heavy (non-hydrogen) atoms. The zero-order valence-corrected chi connectivity index (χ0v) is 29.3. The van der Waals surface area contributed by atoms with Gasteiger partial charge in [0.25, 0.3) is 5.56 Å². The summed E-state index contributed by atoms with van der Waals surface area (Å²) in [6.07, 6.45) is 9.47. The predicted molar refractivity (Wildman–Crippen MR) is 182 cm³/mol. The summed E-state index contributed by atoms with van der Waals surface area (Å²) in [6.45, 7) is 5.12. The van der Waals surface area contributed by atoms with Crippen LogP contribution in [-0.4, -0.2) is 83.4 Å². The van der Waals surface area contributed by atoms with Gasteiger partial charge in [0.15, 0.2) is 0 Å². The molecule has 5 heterocycles. The summed E-state index contributed by atoms with van der Waals surface area (Å²) >= 11 is 2.66. The van der Waals surface area contributed by atoms with Crippen LogP contribution in [0.15, 0.2) is 34.1 Å². The fourth-order valence-corrected chi connectivity index (χ4v) is 8.25. The molecule has 2 aliphatic heterocycles. The highest BCUT2D eigenvalue weighted by atomic mass is 32.1. The van der Waals surface area contributed by atoms with E-state index in [4.69, 9.17) is 4.74 Å². The Morgan fingerprint density at radius 2 is 1.69 bits per heavy atom. The van der Waals surface area contributed by atoms with Crippen molar-refractivity contribution in [2.45, 2.75) is 108 Å². The fraction of sp³-hybridized carbons (Fsp3) is 0.576. The van der Waals surface area contributed by atoms with Crippen molar-refractivity contribution in [3.05, 3.63) is 39.7 Å². The predicted octanol–water partition coefficient (Wildman–Crippen LogP) is 4.23. The molecule has 1 aliphatic carbocycles. The molecule has 0 aromatic carbocycles. The number of hydrogen-bond donors (Lipinski definition) is 3. The minimum absolute atomic E-state index is 0.0118. The number of alkyl carbamates (subject to hydrolysis) is 1. The van der Waals surface area contributed by atoms with E-state index in [1.807, 2.05) is 0 Å². The number of ether oxygens (including phenoxy) is 1. The van der Waals surface area contributed by atoms with Gasteiger partial charge in [0.1, 0.15) is 33.2 Å². The van der Waals surface area contributed by atoms with Crippen molar-refractivity contribution in [1.82, 2.24) is 35.3 Å². The molecular formula is C33H41N7O7S2. The van der Waals surface area contributed by atoms with Gasteiger partial charge in [0, 0.05) is 41.7 Å². The van der Waals surface area contributed by atoms with E-state index in [-0.39, 0.29) is 18.9 Å². The highest BCUT2D eigenvalue weighted by Crippen LogP contribution is 2.47. The molecule has 0 radical (unpaired) electrons. The molecule has 262 valence electrons. The van der Waals surface area contributed by atoms with Crippen molar-refractivity contribution >= 4 is 46.6 Å². The number of nitrogens with one attached hydrogen (secondary N) is 2. The van der Waals surface area contributed by atoms with Gasteiger partial charge in [-0.25, -0.2) is 24.2 Å². The van der Waals surface area contributed by atoms with Gasteiger partial charge in [-0.3, -0.25) is 14.4 Å². The summed E-state index contributed by atoms with van der Waals surface area (Å²) in [4.78, 5) is 78.2. The number of carboxylic acid groups (broad SMARTS) is 1. The molecule has 3 fully saturated rings. The quantitative estimate of drug-likeness (QED) is 0.346. The van der Waals surface area contributed by atoms with Gasteiger partial charge in [-0.1, -0.05) is 32.1 Å². The Labute approximate surface area is 291 Å². The van der Waals surface area contributed by atoms with Crippen LogP contribution in [0.25, 0.3) is 21.1 Å². The number of fused-ring (bicyclic) bond motifs is 2. The molecule has 2 saturated heterocycles. The first kappa shape index (κ1) is 34.7. The molecule has 6 rings (SSSR count). The average molecular weight is 712 g/mol. The van der Waals surface area contributed by atoms with Crippen LogP contribution < -0.4 is 16.2 Å². The number of thiazole rings is 2. The Bertz CT molecular complexity index is 1750. The SMILES string of the molecule is CC(C)(C)OC(=O)N[C@@H]1CCCCCCC[C@@H]2C[C@]2(C(=O)O)NC(=O)C2C[C@H](n3ncc(-c4nccs4)c(-c4nccs4)c3=O)CN2C1=O. The monoisotopic (exact) mass is 711 g/mol. The molecule has 3 aromatic heterocycles. The van der Waals surface area contributed by atoms with Crippen LogP contribution in [0.2, 0.25) is 0 Å². The van der Waals surface area contributed by atoms with Crippen LogP contribution in [0.1, 0.15) is 84.6 Å². The van der Waals surface area contributed by atoms with Crippen LogP contribution >= 0.6 is 22.7 Å². The minimum Gasteiger partial charge on any atom is -0.479 e. The maximum Gasteiger partial charge on any atom is 0.408 e. The number of nitrogens with zero attached hydrogens (tertiary/aromatic N) is 5. The topological polar surface area (TPSA) is 186 Å². The smallest absolute Gasteiger partial charge is 0.408 e. The number of hydrogen-bond acceptors (Lipinski definition) is 11. The van der Waals surface area contributed by atoms with Gasteiger partial charge >= 0.3 is 12.1 Å². The summed E-state index contributed by atoms with van der Waals surface area (Å²) in [7, 11) is 0. The van der Waals surface area contributed by atoms with Crippen LogP contribution in [0, 0.1) is 5.92 Å². The van der Waals surface area contributed by atoms with E-state index in [0.717, 1.165) is 25.7 Å². The Morgan fingerprint density at radius 1 is 1.02 bits per heavy atom. The van der Waals surface area contributed by atoms with Crippen LogP contribution in [0.3, 0.4) is 0 Å². The normalized spacial score (nSPS) is 26.5. The molecule has 14 nitrogen and oxygen atoms in total. The van der Waals surface area contributed by atoms with Crippen LogP contribution in [0.4, 0.5) is 4.79 Å². The molecule has 3 amide bonds. The number of aliphatic carboxylic acids is 1. The van der Waals surface area contributed by atoms with E-state index in [0.29, 0.717) is 46.8 Å². The first-order valence-corrected chi connectivity index (χ1v) is 18.4. The summed E-state index contributed by atoms with van der Waals surface area (Å²) in [5.74, 6) is -2.42. The summed E-state index contributed by atoms with van der Waals surface area (Å²) in [5, 5.41) is 24.9. The lowest BCUT2D eigenvalue weighted by molar-refractivity contribution is -0.146. The van der Waals surface area contributed by atoms with Crippen molar-refractivity contribution < 1.29 is 29.0 Å². The number of amides is 3. The minimum atomic E-state index is -1.40. The van der Waals surface area contributed by atoms with Crippen molar-refractivity contribution in [2.75, 3.05) is 6.54 Å². The number of carboxylic acids is 1. The number of rotatable bonds is 5. The number of aromatic nitrogens is 4. The second-order valence-electron chi connectivity index (χ2n) is 14.0. The lowest BCUT2D eigenvalue weighted by Crippen LogP contribution is -2.56. The molecule has 0 bridgehead atoms. The van der Waals surface area contributed by atoms with Gasteiger partial charge in [-0.05, 0) is 46.0 Å². The van der Waals surface area contributed by atoms with Crippen molar-refractivity contribution in [1.29, 1.82) is 0 Å². The standard InChI is InChI=1S/C33H41N7O7S2/c1-32(2,3)47-31(46)37-22-10-8-6-4-5-7-9-19-16-33(19,30(44)45)38-25(41)23-15-20(18-39(23)28(22)42)40-29(43)24(27-35-12-14-49-27)21(17-36-40)26-34-11-13-48-26/h11-14,17,19-20,22-23H,4-10,15-16,18H2,1-3H3,(H,37,46)(H,38,41)(H,44,45)/t19-,20+,22-,23?,33+/m1/s1. The van der Waals surface area contributed by atoms with Crippen LogP contribution in [0.5, 0.6) is 0 Å². The van der Waals surface area contributed by atoms with Gasteiger partial charge in [0.05, 0.1) is 17.8 Å². The average Bonchev–Trinajstić information content (AvgIpc) is 3.56. The Kier molecular flexibility index (Phi) is 9.89. The molecule has 3 aromatic rings. The highest BCUT2D eigenvalue weighted by Gasteiger charge is 2.62. The maximum absolute atomic E-state index is 14.4. The fourth-order valence-electron chi connectivity index (χ4n) is 6.91. The van der Waals surface area contributed by atoms with Gasteiger partial charge in [0.2, 0.25) is 11.8 Å². The maximum atomic E-state index is 14.4. The molecule has 3 aliphatic rings. The Hall–Kier alpha value is -4.18. The first-order valence-electron chi connectivity index (χ1n) is 16.6. The molecular weight excluding hydrogens is 671 g/mol. The van der Waals surface area contributed by atoms with E-state index in [9.17, 15) is 29.1 Å². The molecule has 16 heteroatoms. The van der Waals surface area contributed by atoms with E-state index < -0.39 is 58.7 Å². The van der Waals surface area contributed by atoms with E-state index in [1.165, 1.54) is 32.3 Å². The molecule has 0 spiro atoms. The van der Waals surface area contributed by atoms with E-state index in [2.05, 4.69) is 25.7 Å². The second-order valence-corrected chi connectivity index (χ2v) is 15.8. The summed E-state index contributed by atoms with van der Waals surface area (Å²) in [5.41, 5.74) is -1.81. The molecule has 3 N–H and O–H groups in total. The zero-order valence-electron chi connectivity index (χ0n) is 27.7. The van der Waals surface area contributed by atoms with Crippen LogP contribution in [-0.2, 0) is 19.1 Å². The number of carbonyl (C=O) groups excluding carboxylic acids is 3. The largest absolute Gasteiger partial charge is 0.479 e. The van der Waals surface area contributed by atoms with Gasteiger partial charge < -0.3 is 25.4 Å². The third-order valence-electron chi connectivity index (χ3n) is 9.39. The van der Waals surface area contributed by atoms with Gasteiger partial charge in [-0.2, -0.15) is 5.10 Å². The lowest BCUT2D eigenvalue weighted by atomic mass is 10.0. The van der Waals surface area contributed by atoms with Gasteiger partial charge in [-0.15, -0.1) is 22.7 Å². The lowest BCUT2D eigenvalue weighted by Gasteiger charge is -2.30. The molecule has 5 atom stereocenters.